The van der Waals surface area contributed by atoms with E-state index in [1.807, 2.05) is 18.7 Å². The molecular weight excluding hydrogens is 295 g/mol. The van der Waals surface area contributed by atoms with Crippen LogP contribution in [0.3, 0.4) is 0 Å². The zero-order chi connectivity index (χ0) is 16.8. The number of hydrogen-bond acceptors (Lipinski definition) is 3. The number of nitrogen functional groups attached to an aromatic ring is 1. The zero-order valence-corrected chi connectivity index (χ0v) is 12.8. The number of rotatable bonds is 7. The molecule has 0 fully saturated rings. The molecule has 0 aromatic heterocycles. The number of carbonyl (C=O) groups is 1. The van der Waals surface area contributed by atoms with Crippen molar-refractivity contribution in [2.24, 2.45) is 0 Å². The van der Waals surface area contributed by atoms with Crippen LogP contribution >= 0.6 is 0 Å². The van der Waals surface area contributed by atoms with Gasteiger partial charge in [0.1, 0.15) is 0 Å². The van der Waals surface area contributed by atoms with Gasteiger partial charge in [-0.3, -0.25) is 9.69 Å². The number of carbonyl (C=O) groups excluding carboxylic acids is 1. The summed E-state index contributed by atoms with van der Waals surface area (Å²) in [6.45, 7) is 5.73. The lowest BCUT2D eigenvalue weighted by Gasteiger charge is -2.20. The largest absolute Gasteiger partial charge is 0.418 e. The van der Waals surface area contributed by atoms with E-state index in [1.54, 1.807) is 0 Å². The first kappa shape index (κ1) is 18.3. The van der Waals surface area contributed by atoms with Crippen molar-refractivity contribution in [3.63, 3.8) is 0 Å². The maximum Gasteiger partial charge on any atom is 0.418 e. The van der Waals surface area contributed by atoms with Crippen LogP contribution in [-0.2, 0) is 11.0 Å². The van der Waals surface area contributed by atoms with Crippen LogP contribution in [0.25, 0.3) is 0 Å². The van der Waals surface area contributed by atoms with Gasteiger partial charge in [-0.05, 0) is 44.1 Å². The minimum absolute atomic E-state index is 0.0967. The molecule has 0 spiro atoms. The first-order chi connectivity index (χ1) is 10.3. The number of nitrogens with one attached hydrogen (secondary N) is 1. The smallest absolute Gasteiger partial charge is 0.398 e. The summed E-state index contributed by atoms with van der Waals surface area (Å²) in [6, 6.07) is 3.37. The molecule has 0 unspecified atom stereocenters. The van der Waals surface area contributed by atoms with Crippen LogP contribution in [0.1, 0.15) is 32.3 Å². The van der Waals surface area contributed by atoms with Crippen molar-refractivity contribution >= 4 is 17.3 Å². The van der Waals surface area contributed by atoms with E-state index in [0.717, 1.165) is 38.1 Å². The molecule has 1 aromatic carbocycles. The molecule has 0 aliphatic rings. The van der Waals surface area contributed by atoms with Gasteiger partial charge in [-0.1, -0.05) is 13.8 Å². The van der Waals surface area contributed by atoms with Crippen LogP contribution in [0.4, 0.5) is 24.5 Å². The zero-order valence-electron chi connectivity index (χ0n) is 12.8. The Morgan fingerprint density at radius 1 is 1.23 bits per heavy atom. The molecule has 4 nitrogen and oxygen atoms in total. The predicted octanol–water partition coefficient (Wildman–Crippen LogP) is 3.35. The van der Waals surface area contributed by atoms with Crippen LogP contribution in [0.2, 0.25) is 0 Å². The number of nitrogens with zero attached hydrogens (tertiary/aromatic N) is 1. The molecule has 1 aromatic rings. The van der Waals surface area contributed by atoms with Gasteiger partial charge in [0.15, 0.2) is 0 Å². The fraction of sp³-hybridized carbons (Fsp3) is 0.533. The third-order valence-electron chi connectivity index (χ3n) is 3.09. The van der Waals surface area contributed by atoms with E-state index < -0.39 is 11.7 Å². The van der Waals surface area contributed by atoms with E-state index in [1.165, 1.54) is 6.07 Å². The molecule has 0 saturated carbocycles. The molecule has 0 aliphatic carbocycles. The molecule has 0 saturated heterocycles. The number of amides is 1. The van der Waals surface area contributed by atoms with E-state index >= 15 is 0 Å². The highest BCUT2D eigenvalue weighted by molar-refractivity contribution is 5.92. The van der Waals surface area contributed by atoms with Gasteiger partial charge < -0.3 is 11.1 Å². The summed E-state index contributed by atoms with van der Waals surface area (Å²) in [6.07, 6.45) is -2.72. The van der Waals surface area contributed by atoms with Crippen LogP contribution in [0.5, 0.6) is 0 Å². The van der Waals surface area contributed by atoms with Crippen LogP contribution < -0.4 is 11.1 Å². The molecule has 0 bridgehead atoms. The summed E-state index contributed by atoms with van der Waals surface area (Å²) < 4.78 is 38.3. The Labute approximate surface area is 128 Å². The highest BCUT2D eigenvalue weighted by atomic mass is 19.4. The van der Waals surface area contributed by atoms with Crippen molar-refractivity contribution in [3.8, 4) is 0 Å². The summed E-state index contributed by atoms with van der Waals surface area (Å²) >= 11 is 0. The Balaban J connectivity index is 2.76. The molecule has 3 N–H and O–H groups in total. The third kappa shape index (κ3) is 5.55. The summed E-state index contributed by atoms with van der Waals surface area (Å²) in [5, 5.41) is 2.49. The van der Waals surface area contributed by atoms with E-state index in [0.29, 0.717) is 0 Å². The second kappa shape index (κ2) is 8.03. The molecule has 0 heterocycles. The number of halogens is 3. The standard InChI is InChI=1S/C15H22F3N3O/c1-3-7-21(8-4-2)10-14(22)20-11-5-6-13(19)12(9-11)15(16,17)18/h5-6,9H,3-4,7-8,10,19H2,1-2H3,(H,20,22). The number of benzene rings is 1. The predicted molar refractivity (Wildman–Crippen MR) is 81.5 cm³/mol. The Bertz CT molecular complexity index is 497. The lowest BCUT2D eigenvalue weighted by molar-refractivity contribution is -0.136. The highest BCUT2D eigenvalue weighted by Crippen LogP contribution is 2.35. The third-order valence-corrected chi connectivity index (χ3v) is 3.09. The molecule has 0 atom stereocenters. The minimum atomic E-state index is -4.54. The van der Waals surface area contributed by atoms with Crippen molar-refractivity contribution < 1.29 is 18.0 Å². The van der Waals surface area contributed by atoms with Crippen LogP contribution in [0.15, 0.2) is 18.2 Å². The Hall–Kier alpha value is -1.76. The lowest BCUT2D eigenvalue weighted by Crippen LogP contribution is -2.34. The topological polar surface area (TPSA) is 58.4 Å². The quantitative estimate of drug-likeness (QED) is 0.758. The van der Waals surface area contributed by atoms with E-state index in [-0.39, 0.29) is 23.8 Å². The molecule has 0 aliphatic heterocycles. The number of hydrogen-bond donors (Lipinski definition) is 2. The molecular formula is C15H22F3N3O. The average Bonchev–Trinajstić information content (AvgIpc) is 2.40. The first-order valence-electron chi connectivity index (χ1n) is 7.26. The molecule has 1 rings (SSSR count). The van der Waals surface area contributed by atoms with Crippen molar-refractivity contribution in [1.29, 1.82) is 0 Å². The molecule has 22 heavy (non-hydrogen) atoms. The summed E-state index contributed by atoms with van der Waals surface area (Å²) in [4.78, 5) is 13.9. The van der Waals surface area contributed by atoms with Gasteiger partial charge in [0, 0.05) is 11.4 Å². The van der Waals surface area contributed by atoms with Gasteiger partial charge in [0.2, 0.25) is 5.91 Å². The van der Waals surface area contributed by atoms with Crippen LogP contribution in [-0.4, -0.2) is 30.4 Å². The lowest BCUT2D eigenvalue weighted by atomic mass is 10.1. The van der Waals surface area contributed by atoms with Crippen molar-refractivity contribution in [3.05, 3.63) is 23.8 Å². The average molecular weight is 317 g/mol. The monoisotopic (exact) mass is 317 g/mol. The maximum atomic E-state index is 12.8. The molecule has 124 valence electrons. The number of alkyl halides is 3. The Kier molecular flexibility index (Phi) is 6.67. The van der Waals surface area contributed by atoms with Gasteiger partial charge in [-0.2, -0.15) is 13.2 Å². The second-order valence-electron chi connectivity index (χ2n) is 5.12. The normalized spacial score (nSPS) is 11.7. The summed E-state index contributed by atoms with van der Waals surface area (Å²) in [5.41, 5.74) is 4.12. The number of anilines is 2. The van der Waals surface area contributed by atoms with E-state index in [9.17, 15) is 18.0 Å². The minimum Gasteiger partial charge on any atom is -0.398 e. The fourth-order valence-electron chi connectivity index (χ4n) is 2.19. The highest BCUT2D eigenvalue weighted by Gasteiger charge is 2.33. The van der Waals surface area contributed by atoms with E-state index in [2.05, 4.69) is 5.32 Å². The summed E-state index contributed by atoms with van der Waals surface area (Å²) in [7, 11) is 0. The van der Waals surface area contributed by atoms with Crippen molar-refractivity contribution in [1.82, 2.24) is 4.90 Å². The van der Waals surface area contributed by atoms with Gasteiger partial charge in [0.25, 0.3) is 0 Å². The van der Waals surface area contributed by atoms with Gasteiger partial charge in [-0.25, -0.2) is 0 Å². The van der Waals surface area contributed by atoms with Gasteiger partial charge in [-0.15, -0.1) is 0 Å². The van der Waals surface area contributed by atoms with Crippen LogP contribution in [0, 0.1) is 0 Å². The molecule has 7 heteroatoms. The molecule has 1 amide bonds. The van der Waals surface area contributed by atoms with Crippen molar-refractivity contribution in [2.75, 3.05) is 30.7 Å². The van der Waals surface area contributed by atoms with E-state index in [4.69, 9.17) is 5.73 Å². The number of nitrogens with two attached hydrogens (primary N) is 1. The molecule has 0 radical (unpaired) electrons. The van der Waals surface area contributed by atoms with Crippen molar-refractivity contribution in [2.45, 2.75) is 32.9 Å². The Morgan fingerprint density at radius 3 is 2.32 bits per heavy atom. The first-order valence-corrected chi connectivity index (χ1v) is 7.26. The second-order valence-corrected chi connectivity index (χ2v) is 5.12. The fourth-order valence-corrected chi connectivity index (χ4v) is 2.19. The SMILES string of the molecule is CCCN(CCC)CC(=O)Nc1ccc(N)c(C(F)(F)F)c1. The van der Waals surface area contributed by atoms with Gasteiger partial charge in [0.05, 0.1) is 12.1 Å². The summed E-state index contributed by atoms with van der Waals surface area (Å²) in [5.74, 6) is -0.334. The maximum absolute atomic E-state index is 12.8. The Morgan fingerprint density at radius 2 is 1.82 bits per heavy atom. The van der Waals surface area contributed by atoms with Gasteiger partial charge >= 0.3 is 6.18 Å².